The van der Waals surface area contributed by atoms with E-state index in [2.05, 4.69) is 42.5 Å². The average Bonchev–Trinajstić information content (AvgIpc) is 2.53. The summed E-state index contributed by atoms with van der Waals surface area (Å²) in [6, 6.07) is 12.1. The summed E-state index contributed by atoms with van der Waals surface area (Å²) in [7, 11) is 1.55. The van der Waals surface area contributed by atoms with E-state index < -0.39 is 0 Å². The van der Waals surface area contributed by atoms with Crippen LogP contribution >= 0.6 is 31.9 Å². The number of carbonyl (C=O) groups excluding carboxylic acids is 2. The zero-order valence-electron chi connectivity index (χ0n) is 12.2. The quantitative estimate of drug-likeness (QED) is 0.744. The maximum Gasteiger partial charge on any atom is 0.262 e. The molecule has 5 nitrogen and oxygen atoms in total. The Bertz CT molecular complexity index is 735. The van der Waals surface area contributed by atoms with Gasteiger partial charge in [0.25, 0.3) is 11.8 Å². The Kier molecular flexibility index (Phi) is 6.18. The average molecular weight is 442 g/mol. The molecule has 0 bridgehead atoms. The molecule has 2 N–H and O–H groups in total. The molecule has 23 heavy (non-hydrogen) atoms. The van der Waals surface area contributed by atoms with Gasteiger partial charge in [0.05, 0.1) is 4.47 Å². The number of halogens is 2. The van der Waals surface area contributed by atoms with Crippen LogP contribution in [0.4, 0.5) is 5.69 Å². The van der Waals surface area contributed by atoms with E-state index in [1.165, 1.54) is 0 Å². The Morgan fingerprint density at radius 2 is 1.91 bits per heavy atom. The van der Waals surface area contributed by atoms with E-state index in [4.69, 9.17) is 4.74 Å². The van der Waals surface area contributed by atoms with Crippen LogP contribution in [0.15, 0.2) is 51.4 Å². The molecule has 7 heteroatoms. The molecule has 0 aromatic heterocycles. The summed E-state index contributed by atoms with van der Waals surface area (Å²) in [5, 5.41) is 5.23. The van der Waals surface area contributed by atoms with E-state index in [0.717, 1.165) is 8.95 Å². The van der Waals surface area contributed by atoms with Gasteiger partial charge in [0.15, 0.2) is 6.61 Å². The number of hydrogen-bond acceptors (Lipinski definition) is 3. The van der Waals surface area contributed by atoms with Crippen molar-refractivity contribution >= 4 is 49.4 Å². The first-order valence-corrected chi connectivity index (χ1v) is 8.28. The van der Waals surface area contributed by atoms with Crippen molar-refractivity contribution < 1.29 is 14.3 Å². The summed E-state index contributed by atoms with van der Waals surface area (Å²) >= 11 is 6.71. The van der Waals surface area contributed by atoms with Crippen molar-refractivity contribution in [2.24, 2.45) is 0 Å². The normalized spacial score (nSPS) is 10.0. The number of rotatable bonds is 5. The molecule has 120 valence electrons. The lowest BCUT2D eigenvalue weighted by Crippen LogP contribution is -2.21. The smallest absolute Gasteiger partial charge is 0.262 e. The highest BCUT2D eigenvalue weighted by atomic mass is 79.9. The van der Waals surface area contributed by atoms with Crippen LogP contribution < -0.4 is 15.4 Å². The molecule has 0 unspecified atom stereocenters. The maximum atomic E-state index is 12.0. The largest absolute Gasteiger partial charge is 0.483 e. The lowest BCUT2D eigenvalue weighted by atomic mass is 10.2. The number of carbonyl (C=O) groups is 2. The van der Waals surface area contributed by atoms with Gasteiger partial charge in [-0.25, -0.2) is 0 Å². The Morgan fingerprint density at radius 3 is 2.61 bits per heavy atom. The molecular weight excluding hydrogens is 428 g/mol. The van der Waals surface area contributed by atoms with E-state index in [9.17, 15) is 9.59 Å². The molecule has 0 saturated heterocycles. The maximum absolute atomic E-state index is 12.0. The van der Waals surface area contributed by atoms with E-state index in [0.29, 0.717) is 17.0 Å². The zero-order valence-corrected chi connectivity index (χ0v) is 15.4. The number of anilines is 1. The van der Waals surface area contributed by atoms with Gasteiger partial charge in [-0.05, 0) is 52.3 Å². The SMILES string of the molecule is CNC(=O)c1cccc(NC(=O)COc2ccc(Br)cc2Br)c1. The van der Waals surface area contributed by atoms with Gasteiger partial charge < -0.3 is 15.4 Å². The van der Waals surface area contributed by atoms with Crippen LogP contribution in [0.3, 0.4) is 0 Å². The predicted molar refractivity (Wildman–Crippen MR) is 95.8 cm³/mol. The molecule has 2 aromatic rings. The second kappa shape index (κ2) is 8.12. The lowest BCUT2D eigenvalue weighted by Gasteiger charge is -2.10. The van der Waals surface area contributed by atoms with Gasteiger partial charge in [-0.15, -0.1) is 0 Å². The molecule has 0 aliphatic rings. The summed E-state index contributed by atoms with van der Waals surface area (Å²) in [6.07, 6.45) is 0. The first kappa shape index (κ1) is 17.5. The molecule has 2 rings (SSSR count). The number of nitrogens with one attached hydrogen (secondary N) is 2. The molecular formula is C16H14Br2N2O3. The molecule has 0 saturated carbocycles. The minimum absolute atomic E-state index is 0.134. The third-order valence-electron chi connectivity index (χ3n) is 2.89. The van der Waals surface area contributed by atoms with Gasteiger partial charge in [0, 0.05) is 22.8 Å². The molecule has 0 spiro atoms. The summed E-state index contributed by atoms with van der Waals surface area (Å²) in [6.45, 7) is -0.134. The van der Waals surface area contributed by atoms with Gasteiger partial charge >= 0.3 is 0 Å². The predicted octanol–water partition coefficient (Wildman–Crippen LogP) is 3.59. The van der Waals surface area contributed by atoms with Crippen LogP contribution in [0.1, 0.15) is 10.4 Å². The fourth-order valence-corrected chi connectivity index (χ4v) is 2.98. The molecule has 0 radical (unpaired) electrons. The molecule has 2 aromatic carbocycles. The van der Waals surface area contributed by atoms with Gasteiger partial charge in [-0.3, -0.25) is 9.59 Å². The summed E-state index contributed by atoms with van der Waals surface area (Å²) in [5.74, 6) is 0.0486. The monoisotopic (exact) mass is 440 g/mol. The van der Waals surface area contributed by atoms with Crippen molar-refractivity contribution in [3.63, 3.8) is 0 Å². The fourth-order valence-electron chi connectivity index (χ4n) is 1.82. The summed E-state index contributed by atoms with van der Waals surface area (Å²) in [5.41, 5.74) is 1.01. The number of hydrogen-bond donors (Lipinski definition) is 2. The van der Waals surface area contributed by atoms with Crippen molar-refractivity contribution in [2.75, 3.05) is 19.0 Å². The lowest BCUT2D eigenvalue weighted by molar-refractivity contribution is -0.118. The Hall–Kier alpha value is -1.86. The molecule has 0 aliphatic heterocycles. The summed E-state index contributed by atoms with van der Waals surface area (Å²) < 4.78 is 7.13. The van der Waals surface area contributed by atoms with Gasteiger partial charge in [0.1, 0.15) is 5.75 Å². The molecule has 2 amide bonds. The van der Waals surface area contributed by atoms with Crippen molar-refractivity contribution in [1.29, 1.82) is 0 Å². The van der Waals surface area contributed by atoms with Gasteiger partial charge in [-0.2, -0.15) is 0 Å². The highest BCUT2D eigenvalue weighted by molar-refractivity contribution is 9.11. The van der Waals surface area contributed by atoms with Crippen molar-refractivity contribution in [2.45, 2.75) is 0 Å². The Labute approximate surface area is 150 Å². The minimum atomic E-state index is -0.311. The first-order valence-electron chi connectivity index (χ1n) is 6.69. The highest BCUT2D eigenvalue weighted by Crippen LogP contribution is 2.28. The first-order chi connectivity index (χ1) is 11.0. The molecule has 0 aliphatic carbocycles. The molecule has 0 atom stereocenters. The summed E-state index contributed by atoms with van der Waals surface area (Å²) in [4.78, 5) is 23.5. The van der Waals surface area contributed by atoms with Crippen molar-refractivity contribution in [1.82, 2.24) is 5.32 Å². The molecule has 0 fully saturated rings. The van der Waals surface area contributed by atoms with Gasteiger partial charge in [-0.1, -0.05) is 22.0 Å². The van der Waals surface area contributed by atoms with Crippen LogP contribution in [0.2, 0.25) is 0 Å². The van der Waals surface area contributed by atoms with E-state index in [1.807, 2.05) is 12.1 Å². The van der Waals surface area contributed by atoms with Crippen LogP contribution in [-0.4, -0.2) is 25.5 Å². The number of benzene rings is 2. The third kappa shape index (κ3) is 5.07. The molecule has 0 heterocycles. The Balaban J connectivity index is 1.96. The third-order valence-corrected chi connectivity index (χ3v) is 4.00. The van der Waals surface area contributed by atoms with Crippen LogP contribution in [0.5, 0.6) is 5.75 Å². The number of amides is 2. The van der Waals surface area contributed by atoms with Crippen LogP contribution in [0, 0.1) is 0 Å². The van der Waals surface area contributed by atoms with Crippen LogP contribution in [0.25, 0.3) is 0 Å². The standard InChI is InChI=1S/C16H14Br2N2O3/c1-19-16(22)10-3-2-4-12(7-10)20-15(21)9-23-14-6-5-11(17)8-13(14)18/h2-8H,9H2,1H3,(H,19,22)(H,20,21). The minimum Gasteiger partial charge on any atom is -0.483 e. The van der Waals surface area contributed by atoms with Crippen molar-refractivity contribution in [3.05, 3.63) is 57.0 Å². The number of ether oxygens (including phenoxy) is 1. The van der Waals surface area contributed by atoms with Crippen LogP contribution in [-0.2, 0) is 4.79 Å². The second-order valence-corrected chi connectivity index (χ2v) is 6.34. The Morgan fingerprint density at radius 1 is 1.13 bits per heavy atom. The van der Waals surface area contributed by atoms with E-state index in [1.54, 1.807) is 37.4 Å². The fraction of sp³-hybridized carbons (Fsp3) is 0.125. The second-order valence-electron chi connectivity index (χ2n) is 4.57. The zero-order chi connectivity index (χ0) is 16.8. The van der Waals surface area contributed by atoms with Gasteiger partial charge in [0.2, 0.25) is 0 Å². The van der Waals surface area contributed by atoms with E-state index in [-0.39, 0.29) is 18.4 Å². The van der Waals surface area contributed by atoms with Crippen molar-refractivity contribution in [3.8, 4) is 5.75 Å². The van der Waals surface area contributed by atoms with E-state index >= 15 is 0 Å². The topological polar surface area (TPSA) is 67.4 Å². The highest BCUT2D eigenvalue weighted by Gasteiger charge is 2.08.